The summed E-state index contributed by atoms with van der Waals surface area (Å²) < 4.78 is 47.1. The second-order valence-electron chi connectivity index (χ2n) is 8.91. The zero-order valence-corrected chi connectivity index (χ0v) is 20.5. The number of alkyl halides is 3. The standard InChI is InChI=1S/C23H27ClF3N5O4/c1-13(29-21-28-8-5-20(30-21)32-18(14(2)33)12-35-22(32)34)15-6-9-31(10-7-15)16-3-4-17(24)19(11-16)36-23(25,26)27/h3-5,8,11,13-15,18,33H,6-7,9-10,12H2,1-2H3,(H,28,29,30)/t13-,14-,18?/m0/s1. The predicted molar refractivity (Wildman–Crippen MR) is 127 cm³/mol. The predicted octanol–water partition coefficient (Wildman–Crippen LogP) is 4.45. The number of hydrogen-bond donors (Lipinski definition) is 2. The van der Waals surface area contributed by atoms with Crippen LogP contribution in [0.25, 0.3) is 0 Å². The molecule has 2 N–H and O–H groups in total. The lowest BCUT2D eigenvalue weighted by Gasteiger charge is -2.36. The summed E-state index contributed by atoms with van der Waals surface area (Å²) in [5, 5.41) is 13.2. The summed E-state index contributed by atoms with van der Waals surface area (Å²) in [6.45, 7) is 4.95. The molecule has 0 bridgehead atoms. The van der Waals surface area contributed by atoms with Gasteiger partial charge >= 0.3 is 12.5 Å². The molecule has 1 amide bonds. The number of rotatable bonds is 7. The van der Waals surface area contributed by atoms with Crippen LogP contribution in [-0.4, -0.2) is 65.4 Å². The summed E-state index contributed by atoms with van der Waals surface area (Å²) >= 11 is 5.86. The van der Waals surface area contributed by atoms with Gasteiger partial charge in [-0.05, 0) is 50.8 Å². The van der Waals surface area contributed by atoms with Crippen molar-refractivity contribution in [3.8, 4) is 5.75 Å². The molecular formula is C23H27ClF3N5O4. The lowest BCUT2D eigenvalue weighted by atomic mass is 9.90. The maximum atomic E-state index is 12.7. The number of cyclic esters (lactones) is 1. The van der Waals surface area contributed by atoms with Gasteiger partial charge in [0, 0.05) is 37.1 Å². The Hall–Kier alpha value is -2.99. The fourth-order valence-electron chi connectivity index (χ4n) is 4.48. The van der Waals surface area contributed by atoms with E-state index in [-0.39, 0.29) is 23.6 Å². The van der Waals surface area contributed by atoms with E-state index in [4.69, 9.17) is 16.3 Å². The molecule has 3 heterocycles. The zero-order chi connectivity index (χ0) is 26.0. The summed E-state index contributed by atoms with van der Waals surface area (Å²) in [7, 11) is 0. The number of piperidine rings is 1. The number of anilines is 3. The number of amides is 1. The van der Waals surface area contributed by atoms with Crippen LogP contribution in [0, 0.1) is 5.92 Å². The Balaban J connectivity index is 1.37. The zero-order valence-electron chi connectivity index (χ0n) is 19.7. The first-order chi connectivity index (χ1) is 17.0. The number of ether oxygens (including phenoxy) is 2. The lowest BCUT2D eigenvalue weighted by molar-refractivity contribution is -0.274. The molecule has 2 fully saturated rings. The van der Waals surface area contributed by atoms with Crippen molar-refractivity contribution in [1.29, 1.82) is 0 Å². The second kappa shape index (κ2) is 10.6. The number of carbonyl (C=O) groups is 1. The average molecular weight is 530 g/mol. The van der Waals surface area contributed by atoms with E-state index in [1.165, 1.54) is 23.2 Å². The highest BCUT2D eigenvalue weighted by molar-refractivity contribution is 6.32. The van der Waals surface area contributed by atoms with Crippen LogP contribution in [0.4, 0.5) is 35.4 Å². The normalized spacial score (nSPS) is 20.8. The van der Waals surface area contributed by atoms with E-state index in [0.29, 0.717) is 30.5 Å². The molecular weight excluding hydrogens is 503 g/mol. The van der Waals surface area contributed by atoms with E-state index in [2.05, 4.69) is 20.0 Å². The van der Waals surface area contributed by atoms with Gasteiger partial charge in [0.2, 0.25) is 5.95 Å². The fourth-order valence-corrected chi connectivity index (χ4v) is 4.63. The lowest BCUT2D eigenvalue weighted by Crippen LogP contribution is -2.41. The third kappa shape index (κ3) is 6.04. The number of halogens is 4. The van der Waals surface area contributed by atoms with E-state index in [0.717, 1.165) is 12.8 Å². The van der Waals surface area contributed by atoms with Gasteiger partial charge < -0.3 is 24.8 Å². The molecule has 2 aromatic rings. The summed E-state index contributed by atoms with van der Waals surface area (Å²) in [5.74, 6) is 0.518. The van der Waals surface area contributed by atoms with Crippen molar-refractivity contribution in [2.24, 2.45) is 5.92 Å². The highest BCUT2D eigenvalue weighted by Gasteiger charge is 2.38. The summed E-state index contributed by atoms with van der Waals surface area (Å²) in [6, 6.07) is 5.43. The highest BCUT2D eigenvalue weighted by atomic mass is 35.5. The van der Waals surface area contributed by atoms with Crippen LogP contribution in [0.1, 0.15) is 26.7 Å². The number of nitrogens with zero attached hydrogens (tertiary/aromatic N) is 4. The highest BCUT2D eigenvalue weighted by Crippen LogP contribution is 2.35. The van der Waals surface area contributed by atoms with Gasteiger partial charge in [0.05, 0.1) is 11.1 Å². The van der Waals surface area contributed by atoms with Crippen molar-refractivity contribution < 1.29 is 32.5 Å². The van der Waals surface area contributed by atoms with Crippen molar-refractivity contribution >= 4 is 35.1 Å². The van der Waals surface area contributed by atoms with Crippen LogP contribution in [0.3, 0.4) is 0 Å². The third-order valence-electron chi connectivity index (χ3n) is 6.46. The van der Waals surface area contributed by atoms with Crippen molar-refractivity contribution in [3.63, 3.8) is 0 Å². The number of aliphatic hydroxyl groups is 1. The molecule has 36 heavy (non-hydrogen) atoms. The maximum absolute atomic E-state index is 12.7. The molecule has 0 saturated carbocycles. The molecule has 0 spiro atoms. The topological polar surface area (TPSA) is 100 Å². The molecule has 3 atom stereocenters. The molecule has 13 heteroatoms. The van der Waals surface area contributed by atoms with Crippen LogP contribution in [-0.2, 0) is 4.74 Å². The average Bonchev–Trinajstić information content (AvgIpc) is 3.21. The smallest absolute Gasteiger partial charge is 0.447 e. The molecule has 0 radical (unpaired) electrons. The summed E-state index contributed by atoms with van der Waals surface area (Å²) in [6.07, 6.45) is -3.07. The molecule has 1 unspecified atom stereocenters. The molecule has 2 aliphatic heterocycles. The molecule has 196 valence electrons. The maximum Gasteiger partial charge on any atom is 0.573 e. The van der Waals surface area contributed by atoms with E-state index in [1.54, 1.807) is 19.1 Å². The molecule has 1 aromatic carbocycles. The van der Waals surface area contributed by atoms with Gasteiger partial charge in [0.15, 0.2) is 0 Å². The van der Waals surface area contributed by atoms with Gasteiger partial charge in [-0.1, -0.05) is 11.6 Å². The van der Waals surface area contributed by atoms with Crippen molar-refractivity contribution in [2.45, 2.75) is 51.2 Å². The largest absolute Gasteiger partial charge is 0.573 e. The number of aliphatic hydroxyl groups excluding tert-OH is 1. The third-order valence-corrected chi connectivity index (χ3v) is 6.77. The van der Waals surface area contributed by atoms with Crippen LogP contribution >= 0.6 is 11.6 Å². The number of nitrogens with one attached hydrogen (secondary N) is 1. The molecule has 4 rings (SSSR count). The first-order valence-electron chi connectivity index (χ1n) is 11.6. The minimum atomic E-state index is -4.82. The fraction of sp³-hybridized carbons (Fsp3) is 0.522. The van der Waals surface area contributed by atoms with Crippen molar-refractivity contribution in [2.75, 3.05) is 34.8 Å². The first-order valence-corrected chi connectivity index (χ1v) is 11.9. The Morgan fingerprint density at radius 3 is 2.64 bits per heavy atom. The Bertz CT molecular complexity index is 1080. The Morgan fingerprint density at radius 1 is 1.25 bits per heavy atom. The molecule has 1 aromatic heterocycles. The monoisotopic (exact) mass is 529 g/mol. The van der Waals surface area contributed by atoms with Gasteiger partial charge in [0.1, 0.15) is 24.2 Å². The Morgan fingerprint density at radius 2 is 1.97 bits per heavy atom. The molecule has 0 aliphatic carbocycles. The quantitative estimate of drug-likeness (QED) is 0.542. The number of hydrogen-bond acceptors (Lipinski definition) is 8. The van der Waals surface area contributed by atoms with E-state index < -0.39 is 30.4 Å². The SMILES string of the molecule is C[C@H](O)C1COC(=O)N1c1ccnc(N[C@@H](C)C2CCN(c3ccc(Cl)c(OC(F)(F)F)c3)CC2)n1. The minimum absolute atomic E-state index is 0.00478. The van der Waals surface area contributed by atoms with Gasteiger partial charge in [-0.2, -0.15) is 4.98 Å². The summed E-state index contributed by atoms with van der Waals surface area (Å²) in [5.41, 5.74) is 0.610. The molecule has 9 nitrogen and oxygen atoms in total. The van der Waals surface area contributed by atoms with Crippen LogP contribution < -0.4 is 19.9 Å². The van der Waals surface area contributed by atoms with E-state index in [9.17, 15) is 23.1 Å². The first kappa shape index (κ1) is 26.1. The van der Waals surface area contributed by atoms with Gasteiger partial charge in [-0.25, -0.2) is 9.78 Å². The van der Waals surface area contributed by atoms with Gasteiger partial charge in [-0.15, -0.1) is 13.2 Å². The van der Waals surface area contributed by atoms with Crippen LogP contribution in [0.15, 0.2) is 30.5 Å². The Labute approximate surface area is 211 Å². The van der Waals surface area contributed by atoms with Crippen molar-refractivity contribution in [3.05, 3.63) is 35.5 Å². The van der Waals surface area contributed by atoms with Crippen LogP contribution in [0.5, 0.6) is 5.75 Å². The second-order valence-corrected chi connectivity index (χ2v) is 9.32. The number of aromatic nitrogens is 2. The van der Waals surface area contributed by atoms with E-state index in [1.807, 2.05) is 11.8 Å². The molecule has 2 saturated heterocycles. The summed E-state index contributed by atoms with van der Waals surface area (Å²) in [4.78, 5) is 24.2. The van der Waals surface area contributed by atoms with Crippen molar-refractivity contribution in [1.82, 2.24) is 9.97 Å². The molecule has 2 aliphatic rings. The Kier molecular flexibility index (Phi) is 7.65. The van der Waals surface area contributed by atoms with Crippen LogP contribution in [0.2, 0.25) is 5.02 Å². The number of carbonyl (C=O) groups excluding carboxylic acids is 1. The minimum Gasteiger partial charge on any atom is -0.447 e. The number of benzene rings is 1. The van der Waals surface area contributed by atoms with E-state index >= 15 is 0 Å². The van der Waals surface area contributed by atoms with Gasteiger partial charge in [-0.3, -0.25) is 4.90 Å². The van der Waals surface area contributed by atoms with Gasteiger partial charge in [0.25, 0.3) is 0 Å².